The molecule has 0 unspecified atom stereocenters. The van der Waals surface area contributed by atoms with E-state index in [2.05, 4.69) is 27.2 Å². The summed E-state index contributed by atoms with van der Waals surface area (Å²) >= 11 is 0. The van der Waals surface area contributed by atoms with Crippen molar-refractivity contribution in [3.63, 3.8) is 0 Å². The van der Waals surface area contributed by atoms with E-state index in [9.17, 15) is 10.5 Å². The number of aromatic amines is 1. The first-order valence-corrected chi connectivity index (χ1v) is 8.31. The first-order valence-electron chi connectivity index (χ1n) is 8.31. The van der Waals surface area contributed by atoms with E-state index in [4.69, 9.17) is 5.73 Å². The number of allylic oxidation sites excluding steroid dienone is 4. The lowest BCUT2D eigenvalue weighted by Gasteiger charge is -2.35. The molecule has 0 spiro atoms. The molecule has 0 saturated heterocycles. The van der Waals surface area contributed by atoms with Crippen molar-refractivity contribution in [1.82, 2.24) is 15.1 Å². The van der Waals surface area contributed by atoms with Gasteiger partial charge in [-0.1, -0.05) is 6.07 Å². The Hall–Kier alpha value is -3.25. The lowest BCUT2D eigenvalue weighted by molar-refractivity contribution is 0.397. The van der Waals surface area contributed by atoms with E-state index in [1.165, 1.54) is 0 Å². The number of H-pyrrole nitrogens is 1. The molecule has 0 atom stereocenters. The molecule has 3 N–H and O–H groups in total. The zero-order valence-electron chi connectivity index (χ0n) is 14.2. The van der Waals surface area contributed by atoms with Crippen molar-refractivity contribution < 1.29 is 0 Å². The summed E-state index contributed by atoms with van der Waals surface area (Å²) in [5.74, 6) is 0.0642. The third-order valence-electron chi connectivity index (χ3n) is 5.18. The zero-order chi connectivity index (χ0) is 17.7. The summed E-state index contributed by atoms with van der Waals surface area (Å²) in [7, 11) is 0. The third-order valence-corrected chi connectivity index (χ3v) is 5.18. The molecular formula is C19H18N6. The normalized spacial score (nSPS) is 18.6. The molecule has 2 heterocycles. The SMILES string of the molecule is CC1=C(C#N)C(c2ccc3[nH]nc(N)c3c2)C(C#N)=C(C)N1C1CC1. The number of anilines is 1. The summed E-state index contributed by atoms with van der Waals surface area (Å²) in [4.78, 5) is 2.17. The summed E-state index contributed by atoms with van der Waals surface area (Å²) in [6, 6.07) is 10.9. The van der Waals surface area contributed by atoms with Gasteiger partial charge in [-0.15, -0.1) is 0 Å². The van der Waals surface area contributed by atoms with Crippen molar-refractivity contribution in [2.75, 3.05) is 5.73 Å². The van der Waals surface area contributed by atoms with Crippen LogP contribution in [-0.4, -0.2) is 21.1 Å². The molecule has 0 bridgehead atoms. The molecule has 1 aromatic heterocycles. The maximum atomic E-state index is 9.83. The van der Waals surface area contributed by atoms with E-state index in [1.807, 2.05) is 32.0 Å². The summed E-state index contributed by atoms with van der Waals surface area (Å²) < 4.78 is 0. The third kappa shape index (κ3) is 2.19. The number of hydrogen-bond donors (Lipinski definition) is 2. The second-order valence-electron chi connectivity index (χ2n) is 6.67. The minimum atomic E-state index is -0.358. The Morgan fingerprint density at radius 1 is 1.16 bits per heavy atom. The molecule has 1 aliphatic heterocycles. The molecule has 1 aliphatic carbocycles. The molecule has 0 radical (unpaired) electrons. The molecule has 25 heavy (non-hydrogen) atoms. The number of hydrogen-bond acceptors (Lipinski definition) is 5. The Bertz CT molecular complexity index is 984. The van der Waals surface area contributed by atoms with Crippen molar-refractivity contribution in [3.8, 4) is 12.1 Å². The van der Waals surface area contributed by atoms with Gasteiger partial charge in [0.25, 0.3) is 0 Å². The maximum absolute atomic E-state index is 9.83. The highest BCUT2D eigenvalue weighted by Gasteiger charge is 2.39. The monoisotopic (exact) mass is 330 g/mol. The number of benzene rings is 1. The predicted molar refractivity (Wildman–Crippen MR) is 94.7 cm³/mol. The quantitative estimate of drug-likeness (QED) is 0.879. The Morgan fingerprint density at radius 2 is 1.80 bits per heavy atom. The summed E-state index contributed by atoms with van der Waals surface area (Å²) in [5, 5.41) is 27.4. The second kappa shape index (κ2) is 5.39. The van der Waals surface area contributed by atoms with Gasteiger partial charge in [0.05, 0.1) is 34.7 Å². The number of aromatic nitrogens is 2. The van der Waals surface area contributed by atoms with E-state index >= 15 is 0 Å². The fourth-order valence-electron chi connectivity index (χ4n) is 3.81. The molecule has 2 aromatic rings. The number of nitrogens with one attached hydrogen (secondary N) is 1. The van der Waals surface area contributed by atoms with E-state index in [0.717, 1.165) is 40.7 Å². The van der Waals surface area contributed by atoms with Crippen LogP contribution >= 0.6 is 0 Å². The van der Waals surface area contributed by atoms with Crippen molar-refractivity contribution in [2.24, 2.45) is 0 Å². The molecule has 2 aliphatic rings. The van der Waals surface area contributed by atoms with Gasteiger partial charge in [0.1, 0.15) is 0 Å². The van der Waals surface area contributed by atoms with Gasteiger partial charge in [-0.3, -0.25) is 5.10 Å². The minimum Gasteiger partial charge on any atom is -0.382 e. The van der Waals surface area contributed by atoms with Crippen LogP contribution in [0.2, 0.25) is 0 Å². The van der Waals surface area contributed by atoms with E-state index in [0.29, 0.717) is 23.0 Å². The molecule has 1 aromatic carbocycles. The average Bonchev–Trinajstić information content (AvgIpc) is 3.37. The number of nitrogens with two attached hydrogens (primary N) is 1. The summed E-state index contributed by atoms with van der Waals surface area (Å²) in [6.45, 7) is 3.96. The van der Waals surface area contributed by atoms with Crippen LogP contribution in [0.5, 0.6) is 0 Å². The van der Waals surface area contributed by atoms with Gasteiger partial charge in [0.2, 0.25) is 0 Å². The Labute approximate surface area is 145 Å². The van der Waals surface area contributed by atoms with Crippen molar-refractivity contribution in [1.29, 1.82) is 10.5 Å². The number of fused-ring (bicyclic) bond motifs is 1. The minimum absolute atomic E-state index is 0.358. The van der Waals surface area contributed by atoms with Gasteiger partial charge >= 0.3 is 0 Å². The highest BCUT2D eigenvalue weighted by Crippen LogP contribution is 2.45. The summed E-state index contributed by atoms with van der Waals surface area (Å²) in [5.41, 5.74) is 10.8. The number of rotatable bonds is 2. The van der Waals surface area contributed by atoms with Gasteiger partial charge < -0.3 is 10.6 Å². The van der Waals surface area contributed by atoms with Crippen LogP contribution in [0.1, 0.15) is 38.2 Å². The van der Waals surface area contributed by atoms with Gasteiger partial charge in [-0.25, -0.2) is 0 Å². The van der Waals surface area contributed by atoms with Crippen molar-refractivity contribution >= 4 is 16.7 Å². The van der Waals surface area contributed by atoms with Crippen LogP contribution < -0.4 is 5.73 Å². The largest absolute Gasteiger partial charge is 0.382 e. The number of nitrogens with zero attached hydrogens (tertiary/aromatic N) is 4. The highest BCUT2D eigenvalue weighted by atomic mass is 15.2. The van der Waals surface area contributed by atoms with Crippen LogP contribution in [0, 0.1) is 22.7 Å². The Balaban J connectivity index is 1.92. The first-order chi connectivity index (χ1) is 12.1. The lowest BCUT2D eigenvalue weighted by Crippen LogP contribution is -2.30. The molecular weight excluding hydrogens is 312 g/mol. The molecule has 1 fully saturated rings. The van der Waals surface area contributed by atoms with Crippen LogP contribution in [0.4, 0.5) is 5.82 Å². The number of nitriles is 2. The topological polar surface area (TPSA) is 106 Å². The van der Waals surface area contributed by atoms with Gasteiger partial charge in [0, 0.05) is 22.8 Å². The van der Waals surface area contributed by atoms with Gasteiger partial charge in [0.15, 0.2) is 5.82 Å². The summed E-state index contributed by atoms with van der Waals surface area (Å²) in [6.07, 6.45) is 2.21. The molecule has 0 amide bonds. The van der Waals surface area contributed by atoms with Crippen LogP contribution in [0.25, 0.3) is 10.9 Å². The van der Waals surface area contributed by atoms with E-state index in [-0.39, 0.29) is 5.92 Å². The van der Waals surface area contributed by atoms with E-state index < -0.39 is 0 Å². The van der Waals surface area contributed by atoms with Gasteiger partial charge in [-0.05, 0) is 44.4 Å². The van der Waals surface area contributed by atoms with Crippen LogP contribution in [0.15, 0.2) is 40.7 Å². The van der Waals surface area contributed by atoms with Crippen LogP contribution in [-0.2, 0) is 0 Å². The average molecular weight is 330 g/mol. The molecule has 6 heteroatoms. The van der Waals surface area contributed by atoms with Crippen LogP contribution in [0.3, 0.4) is 0 Å². The second-order valence-corrected chi connectivity index (χ2v) is 6.67. The first kappa shape index (κ1) is 15.3. The smallest absolute Gasteiger partial charge is 0.153 e. The molecule has 4 rings (SSSR count). The fourth-order valence-corrected chi connectivity index (χ4v) is 3.81. The molecule has 1 saturated carbocycles. The van der Waals surface area contributed by atoms with E-state index in [1.54, 1.807) is 0 Å². The number of nitrogen functional groups attached to an aromatic ring is 1. The standard InChI is InChI=1S/C19H18N6/c1-10-15(8-20)18(16(9-21)11(2)25(10)13-4-5-13)12-3-6-17-14(7-12)19(22)24-23-17/h3,6-7,13,18H,4-5H2,1-2H3,(H3,22,23,24). The van der Waals surface area contributed by atoms with Crippen molar-refractivity contribution in [3.05, 3.63) is 46.3 Å². The maximum Gasteiger partial charge on any atom is 0.153 e. The van der Waals surface area contributed by atoms with Crippen molar-refractivity contribution in [2.45, 2.75) is 38.6 Å². The molecule has 6 nitrogen and oxygen atoms in total. The fraction of sp³-hybridized carbons (Fsp3) is 0.316. The zero-order valence-corrected chi connectivity index (χ0v) is 14.2. The predicted octanol–water partition coefficient (Wildman–Crippen LogP) is 3.30. The molecule has 124 valence electrons. The lowest BCUT2D eigenvalue weighted by atomic mass is 9.80. The van der Waals surface area contributed by atoms with Gasteiger partial charge in [-0.2, -0.15) is 15.6 Å². The Kier molecular flexibility index (Phi) is 3.30. The Morgan fingerprint density at radius 3 is 2.36 bits per heavy atom. The highest BCUT2D eigenvalue weighted by molar-refractivity contribution is 5.89.